The Labute approximate surface area is 564 Å². The fourth-order valence-electron chi connectivity index (χ4n) is 12.8. The molecule has 0 aliphatic carbocycles. The van der Waals surface area contributed by atoms with Crippen molar-refractivity contribution in [2.24, 2.45) is 22.2 Å². The number of aliphatic hydroxyl groups excluding tert-OH is 7. The second kappa shape index (κ2) is 36.5. The third-order valence-corrected chi connectivity index (χ3v) is 18.2. The summed E-state index contributed by atoms with van der Waals surface area (Å²) in [5.74, 6) is -9.60. The van der Waals surface area contributed by atoms with E-state index in [1.165, 1.54) is 47.3 Å². The highest BCUT2D eigenvalue weighted by molar-refractivity contribution is 5.99. The van der Waals surface area contributed by atoms with E-state index in [4.69, 9.17) is 36.1 Å². The summed E-state index contributed by atoms with van der Waals surface area (Å²) in [6, 6.07) is -14.1. The van der Waals surface area contributed by atoms with Crippen LogP contribution in [0.1, 0.15) is 98.8 Å². The number of ether oxygens (including phenoxy) is 4. The number of likely N-dealkylation sites (N-methyl/N-ethyl adjacent to an activating group) is 1. The van der Waals surface area contributed by atoms with Crippen LogP contribution in [-0.4, -0.2) is 326 Å². The number of hydrogen-bond acceptors (Lipinski definition) is 25. The average Bonchev–Trinajstić information content (AvgIpc) is 1.02. The van der Waals surface area contributed by atoms with Gasteiger partial charge in [0.1, 0.15) is 103 Å². The SMILES string of the molecule is CNC(CCCN=C(N)N)C(=O)N1CCCC1C(=O)NC(C)C(=O)N1CCCC1C(=O)NCC(=O)NC(CO)C(=O)NC(C(=O)NC(C)C(=O)N1CCCC1C(=O)N1CCCC1C(=O)NC(C)C(N)=O)C(C)O[C@H]1OC(CO)[C@H](O)C(O[C@@H]2OC(CO)[C@H](O)C(O)[C@@H]2O)[C@@H]1NC(C)=O. The molecule has 0 aromatic carbocycles. The summed E-state index contributed by atoms with van der Waals surface area (Å²) in [6.07, 6.45) is -15.0. The number of aliphatic imine (C=N–C) groups is 1. The van der Waals surface area contributed by atoms with Crippen molar-refractivity contribution in [3.8, 4) is 0 Å². The maximum absolute atomic E-state index is 14.7. The zero-order chi connectivity index (χ0) is 72.6. The monoisotopic (exact) mass is 1400 g/mol. The van der Waals surface area contributed by atoms with E-state index in [0.717, 1.165) is 6.92 Å². The van der Waals surface area contributed by atoms with Gasteiger partial charge in [-0.15, -0.1) is 0 Å². The second-order valence-electron chi connectivity index (χ2n) is 25.2. The minimum Gasteiger partial charge on any atom is -0.394 e. The number of amides is 12. The van der Waals surface area contributed by atoms with Gasteiger partial charge >= 0.3 is 0 Å². The predicted molar refractivity (Wildman–Crippen MR) is 336 cm³/mol. The van der Waals surface area contributed by atoms with E-state index in [-0.39, 0.29) is 50.8 Å². The number of primary amides is 1. The van der Waals surface area contributed by atoms with Crippen LogP contribution in [0.2, 0.25) is 0 Å². The molecule has 15 unspecified atom stereocenters. The molecule has 6 aliphatic heterocycles. The molecule has 6 fully saturated rings. The van der Waals surface area contributed by atoms with Crippen LogP contribution >= 0.6 is 0 Å². The van der Waals surface area contributed by atoms with Gasteiger partial charge in [-0.2, -0.15) is 0 Å². The molecule has 98 heavy (non-hydrogen) atoms. The summed E-state index contributed by atoms with van der Waals surface area (Å²) in [4.78, 5) is 173. The van der Waals surface area contributed by atoms with Crippen molar-refractivity contribution in [1.82, 2.24) is 62.1 Å². The number of guanidine groups is 1. The molecule has 0 aromatic rings. The molecule has 39 nitrogen and oxygen atoms in total. The highest BCUT2D eigenvalue weighted by Gasteiger charge is 2.53. The maximum atomic E-state index is 14.7. The number of likely N-dealkylation sites (tertiary alicyclic amines) is 4. The van der Waals surface area contributed by atoms with E-state index in [0.29, 0.717) is 58.0 Å². The number of nitrogens with two attached hydrogens (primary N) is 3. The van der Waals surface area contributed by atoms with Crippen molar-refractivity contribution in [2.75, 3.05) is 66.1 Å². The van der Waals surface area contributed by atoms with E-state index < -0.39 is 219 Å². The molecule has 6 aliphatic rings. The molecular weight excluding hydrogens is 1300 g/mol. The minimum atomic E-state index is -2.05. The fraction of sp³-hybridized carbons (Fsp3) is 0.780. The number of nitrogens with zero attached hydrogens (tertiary/aromatic N) is 5. The van der Waals surface area contributed by atoms with Gasteiger partial charge in [0.05, 0.1) is 38.5 Å². The van der Waals surface area contributed by atoms with Gasteiger partial charge in [0.2, 0.25) is 70.9 Å². The second-order valence-corrected chi connectivity index (χ2v) is 25.2. The number of carbonyl (C=O) groups excluding carboxylic acids is 12. The largest absolute Gasteiger partial charge is 0.394 e. The summed E-state index contributed by atoms with van der Waals surface area (Å²) < 4.78 is 23.5. The molecule has 552 valence electrons. The molecule has 12 amide bonds. The van der Waals surface area contributed by atoms with Crippen LogP contribution in [0.15, 0.2) is 4.99 Å². The third kappa shape index (κ3) is 19.9. The number of carbonyl (C=O) groups is 12. The zero-order valence-electron chi connectivity index (χ0n) is 55.7. The van der Waals surface area contributed by atoms with Crippen LogP contribution in [0.25, 0.3) is 0 Å². The minimum absolute atomic E-state index is 0.0235. The smallest absolute Gasteiger partial charge is 0.246 e. The summed E-state index contributed by atoms with van der Waals surface area (Å²) in [5, 5.41) is 94.3. The standard InChI is InChI=1S/C59H98N16O23/c1-26(47(60)85)66-50(88)35-15-10-20-74(35)56(94)36-16-11-21-75(36)54(92)28(3)68-52(90)40(29(4)95-57-41(69-30(5)79)46(43(82)38(25-78)96-57)98-58-45(84)44(83)42(81)37(24-77)97-58)71-48(86)32(23-76)70-39(80)22-65-49(87)33-13-8-18-72(33)53(91)27(2)67-51(89)34-14-9-19-73(34)55(93)31(63-6)12-7-17-64-59(61)62/h26-29,31-38,40-46,57-58,63,76-78,81-84H,7-25H2,1-6H3,(H2,60,85)(H,65,87)(H,66,88)(H,67,89)(H,68,90)(H,69,79)(H,70,80)(H,71,86)(H4,61,62,64)/t26?,27?,28?,29?,31?,32?,33?,34?,35?,36?,37?,38?,40?,41-,42-,43-,44?,45-,46?,57-,58-/m0/s1. The van der Waals surface area contributed by atoms with Crippen LogP contribution in [0, 0.1) is 0 Å². The van der Waals surface area contributed by atoms with E-state index in [9.17, 15) is 93.3 Å². The van der Waals surface area contributed by atoms with Gasteiger partial charge in [0.25, 0.3) is 0 Å². The van der Waals surface area contributed by atoms with E-state index >= 15 is 0 Å². The van der Waals surface area contributed by atoms with E-state index in [1.807, 2.05) is 0 Å². The first-order valence-electron chi connectivity index (χ1n) is 32.9. The molecule has 21 N–H and O–H groups in total. The van der Waals surface area contributed by atoms with Gasteiger partial charge in [0.15, 0.2) is 18.5 Å². The fourth-order valence-corrected chi connectivity index (χ4v) is 12.8. The predicted octanol–water partition coefficient (Wildman–Crippen LogP) is -11.2. The van der Waals surface area contributed by atoms with Crippen molar-refractivity contribution >= 4 is 76.8 Å². The molecule has 0 saturated carbocycles. The Kier molecular flexibility index (Phi) is 29.6. The van der Waals surface area contributed by atoms with Gasteiger partial charge in [-0.1, -0.05) is 0 Å². The Morgan fingerprint density at radius 3 is 1.64 bits per heavy atom. The van der Waals surface area contributed by atoms with E-state index in [2.05, 4.69) is 47.5 Å². The van der Waals surface area contributed by atoms with Crippen LogP contribution in [0.5, 0.6) is 0 Å². The summed E-state index contributed by atoms with van der Waals surface area (Å²) in [7, 11) is 1.61. The number of rotatable bonds is 31. The molecule has 0 aromatic heterocycles. The molecule has 0 spiro atoms. The van der Waals surface area contributed by atoms with Gasteiger partial charge in [-0.25, -0.2) is 0 Å². The van der Waals surface area contributed by atoms with Gasteiger partial charge in [-0.05, 0) is 99.0 Å². The average molecular weight is 1400 g/mol. The highest BCUT2D eigenvalue weighted by Crippen LogP contribution is 2.32. The Morgan fingerprint density at radius 1 is 0.582 bits per heavy atom. The maximum Gasteiger partial charge on any atom is 0.246 e. The lowest BCUT2D eigenvalue weighted by Crippen LogP contribution is -2.69. The normalized spacial score (nSPS) is 29.2. The van der Waals surface area contributed by atoms with Crippen molar-refractivity contribution < 1.29 is 112 Å². The van der Waals surface area contributed by atoms with Crippen molar-refractivity contribution in [3.05, 3.63) is 0 Å². The number of aliphatic hydroxyl groups is 7. The zero-order valence-corrected chi connectivity index (χ0v) is 55.7. The van der Waals surface area contributed by atoms with Gasteiger partial charge < -0.3 is 134 Å². The van der Waals surface area contributed by atoms with Crippen molar-refractivity contribution in [3.63, 3.8) is 0 Å². The lowest BCUT2D eigenvalue weighted by Gasteiger charge is -2.48. The van der Waals surface area contributed by atoms with Crippen molar-refractivity contribution in [2.45, 2.75) is 227 Å². The van der Waals surface area contributed by atoms with Crippen LogP contribution in [-0.2, 0) is 76.5 Å². The van der Waals surface area contributed by atoms with Gasteiger partial charge in [0, 0.05) is 39.6 Å². The lowest BCUT2D eigenvalue weighted by atomic mass is 9.95. The summed E-state index contributed by atoms with van der Waals surface area (Å²) in [5.41, 5.74) is 16.2. The Hall–Kier alpha value is -7.57. The first kappa shape index (κ1) is 79.4. The summed E-state index contributed by atoms with van der Waals surface area (Å²) >= 11 is 0. The molecule has 6 saturated heterocycles. The number of nitrogens with one attached hydrogen (secondary N) is 8. The highest BCUT2D eigenvalue weighted by atomic mass is 16.7. The number of hydrogen-bond donors (Lipinski definition) is 18. The Balaban J connectivity index is 1.16. The van der Waals surface area contributed by atoms with Crippen molar-refractivity contribution in [1.29, 1.82) is 0 Å². The Morgan fingerprint density at radius 2 is 1.09 bits per heavy atom. The summed E-state index contributed by atoms with van der Waals surface area (Å²) in [6.45, 7) is 3.26. The molecule has 6 heterocycles. The first-order valence-corrected chi connectivity index (χ1v) is 32.9. The van der Waals surface area contributed by atoms with Crippen LogP contribution in [0.4, 0.5) is 0 Å². The molecule has 39 heteroatoms. The third-order valence-electron chi connectivity index (χ3n) is 18.2. The molecule has 0 radical (unpaired) electrons. The molecular formula is C59H98N16O23. The van der Waals surface area contributed by atoms with Gasteiger partial charge in [-0.3, -0.25) is 62.5 Å². The lowest BCUT2D eigenvalue weighted by molar-refractivity contribution is -0.347. The molecule has 0 bridgehead atoms. The van der Waals surface area contributed by atoms with Crippen LogP contribution < -0.4 is 59.7 Å². The molecule has 21 atom stereocenters. The quantitative estimate of drug-likeness (QED) is 0.0174. The molecule has 6 rings (SSSR count). The van der Waals surface area contributed by atoms with E-state index in [1.54, 1.807) is 7.05 Å². The topological polar surface area (TPSA) is 583 Å². The first-order chi connectivity index (χ1) is 46.4. The van der Waals surface area contributed by atoms with Crippen LogP contribution in [0.3, 0.4) is 0 Å². The Bertz CT molecular complexity index is 2880.